The van der Waals surface area contributed by atoms with E-state index in [1.807, 2.05) is 11.0 Å². The molecule has 1 aromatic carbocycles. The lowest BCUT2D eigenvalue weighted by molar-refractivity contribution is -0.135. The molecular formula is C25H37N3O2. The number of hydrogen-bond donors (Lipinski definition) is 1. The Morgan fingerprint density at radius 1 is 0.933 bits per heavy atom. The number of rotatable bonds is 8. The van der Waals surface area contributed by atoms with E-state index < -0.39 is 0 Å². The van der Waals surface area contributed by atoms with Gasteiger partial charge in [0.15, 0.2) is 0 Å². The number of nitrogens with one attached hydrogen (secondary N) is 1. The van der Waals surface area contributed by atoms with Crippen molar-refractivity contribution in [3.05, 3.63) is 35.9 Å². The first-order valence-electron chi connectivity index (χ1n) is 12.0. The predicted octanol–water partition coefficient (Wildman–Crippen LogP) is 3.24. The van der Waals surface area contributed by atoms with E-state index in [1.54, 1.807) is 0 Å². The van der Waals surface area contributed by atoms with Crippen LogP contribution in [0, 0.1) is 11.8 Å². The molecule has 2 unspecified atom stereocenters. The molecule has 5 heteroatoms. The third kappa shape index (κ3) is 5.63. The lowest BCUT2D eigenvalue weighted by atomic mass is 9.79. The van der Waals surface area contributed by atoms with E-state index in [2.05, 4.69) is 34.5 Å². The van der Waals surface area contributed by atoms with Crippen molar-refractivity contribution < 1.29 is 9.59 Å². The van der Waals surface area contributed by atoms with Gasteiger partial charge in [-0.3, -0.25) is 9.59 Å². The minimum absolute atomic E-state index is 0.325. The van der Waals surface area contributed by atoms with Gasteiger partial charge < -0.3 is 15.1 Å². The fraction of sp³-hybridized carbons (Fsp3) is 0.680. The number of likely N-dealkylation sites (tertiary alicyclic amines) is 2. The van der Waals surface area contributed by atoms with Crippen LogP contribution >= 0.6 is 0 Å². The van der Waals surface area contributed by atoms with Gasteiger partial charge in [0.25, 0.3) is 0 Å². The Morgan fingerprint density at radius 2 is 1.67 bits per heavy atom. The zero-order valence-electron chi connectivity index (χ0n) is 18.2. The van der Waals surface area contributed by atoms with Crippen LogP contribution in [0.3, 0.4) is 0 Å². The van der Waals surface area contributed by atoms with Gasteiger partial charge in [0.2, 0.25) is 11.8 Å². The maximum Gasteiger partial charge on any atom is 0.222 e. The number of hydrogen-bond acceptors (Lipinski definition) is 3. The summed E-state index contributed by atoms with van der Waals surface area (Å²) in [5, 5.41) is 3.73. The minimum Gasteiger partial charge on any atom is -0.343 e. The SMILES string of the molecule is O=C(CCC[C@H]1NCC2CC1CN(C(=O)CCCc1ccccc1)C2)N1CCCC1. The Labute approximate surface area is 181 Å². The second-order valence-corrected chi connectivity index (χ2v) is 9.49. The minimum atomic E-state index is 0.325. The Kier molecular flexibility index (Phi) is 7.42. The molecule has 0 aromatic heterocycles. The lowest BCUT2D eigenvalue weighted by Crippen LogP contribution is -2.57. The van der Waals surface area contributed by atoms with E-state index in [4.69, 9.17) is 0 Å². The van der Waals surface area contributed by atoms with Crippen LogP contribution in [0.15, 0.2) is 30.3 Å². The second-order valence-electron chi connectivity index (χ2n) is 9.49. The summed E-state index contributed by atoms with van der Waals surface area (Å²) >= 11 is 0. The molecule has 5 nitrogen and oxygen atoms in total. The third-order valence-corrected chi connectivity index (χ3v) is 7.22. The highest BCUT2D eigenvalue weighted by Crippen LogP contribution is 2.31. The molecule has 1 N–H and O–H groups in total. The molecule has 30 heavy (non-hydrogen) atoms. The van der Waals surface area contributed by atoms with Gasteiger partial charge in [0.1, 0.15) is 0 Å². The maximum absolute atomic E-state index is 12.8. The van der Waals surface area contributed by atoms with Crippen LogP contribution in [-0.2, 0) is 16.0 Å². The maximum atomic E-state index is 12.8. The van der Waals surface area contributed by atoms with E-state index in [9.17, 15) is 9.59 Å². The molecule has 3 fully saturated rings. The normalized spacial score (nSPS) is 26.1. The van der Waals surface area contributed by atoms with Gasteiger partial charge >= 0.3 is 0 Å². The molecule has 0 radical (unpaired) electrons. The van der Waals surface area contributed by atoms with E-state index in [1.165, 1.54) is 12.0 Å². The number of carbonyl (C=O) groups excluding carboxylic acids is 2. The highest BCUT2D eigenvalue weighted by atomic mass is 16.2. The zero-order valence-corrected chi connectivity index (χ0v) is 18.2. The van der Waals surface area contributed by atoms with Crippen LogP contribution in [0.25, 0.3) is 0 Å². The summed E-state index contributed by atoms with van der Waals surface area (Å²) in [6, 6.07) is 10.9. The van der Waals surface area contributed by atoms with Gasteiger partial charge in [0, 0.05) is 45.1 Å². The molecule has 1 aromatic rings. The molecule has 2 amide bonds. The number of benzene rings is 1. The number of piperidine rings is 2. The number of aryl methyl sites for hydroxylation is 1. The summed E-state index contributed by atoms with van der Waals surface area (Å²) in [6.07, 6.45) is 8.78. The summed E-state index contributed by atoms with van der Waals surface area (Å²) in [4.78, 5) is 29.3. The molecule has 3 atom stereocenters. The first-order chi connectivity index (χ1) is 14.7. The highest BCUT2D eigenvalue weighted by molar-refractivity contribution is 5.76. The molecule has 164 valence electrons. The van der Waals surface area contributed by atoms with Gasteiger partial charge in [-0.2, -0.15) is 0 Å². The smallest absolute Gasteiger partial charge is 0.222 e. The fourth-order valence-electron chi connectivity index (χ4n) is 5.56. The summed E-state index contributed by atoms with van der Waals surface area (Å²) in [5.41, 5.74) is 1.31. The topological polar surface area (TPSA) is 52.7 Å². The molecule has 0 spiro atoms. The van der Waals surface area contributed by atoms with Crippen molar-refractivity contribution >= 4 is 11.8 Å². The summed E-state index contributed by atoms with van der Waals surface area (Å²) < 4.78 is 0. The number of amides is 2. The molecule has 3 aliphatic rings. The Morgan fingerprint density at radius 3 is 2.47 bits per heavy atom. The Balaban J connectivity index is 1.20. The van der Waals surface area contributed by atoms with Crippen LogP contribution in [0.1, 0.15) is 56.9 Å². The highest BCUT2D eigenvalue weighted by Gasteiger charge is 2.37. The Bertz CT molecular complexity index is 702. The Hall–Kier alpha value is -1.88. The predicted molar refractivity (Wildman–Crippen MR) is 119 cm³/mol. The van der Waals surface area contributed by atoms with Gasteiger partial charge in [-0.1, -0.05) is 30.3 Å². The van der Waals surface area contributed by atoms with Gasteiger partial charge in [-0.25, -0.2) is 0 Å². The summed E-state index contributed by atoms with van der Waals surface area (Å²) in [5.74, 6) is 1.78. The van der Waals surface area contributed by atoms with Crippen molar-refractivity contribution in [2.75, 3.05) is 32.7 Å². The van der Waals surface area contributed by atoms with E-state index >= 15 is 0 Å². The second kappa shape index (κ2) is 10.4. The first kappa shape index (κ1) is 21.4. The van der Waals surface area contributed by atoms with Gasteiger partial charge in [0.05, 0.1) is 0 Å². The van der Waals surface area contributed by atoms with Crippen LogP contribution in [0.4, 0.5) is 0 Å². The molecular weight excluding hydrogens is 374 g/mol. The quantitative estimate of drug-likeness (QED) is 0.715. The average Bonchev–Trinajstić information content (AvgIpc) is 3.31. The van der Waals surface area contributed by atoms with Crippen LogP contribution in [-0.4, -0.2) is 60.4 Å². The fourth-order valence-corrected chi connectivity index (χ4v) is 5.56. The average molecular weight is 412 g/mol. The van der Waals surface area contributed by atoms with Crippen LogP contribution in [0.2, 0.25) is 0 Å². The van der Waals surface area contributed by atoms with E-state index in [0.29, 0.717) is 42.5 Å². The van der Waals surface area contributed by atoms with Crippen LogP contribution < -0.4 is 5.32 Å². The molecule has 2 bridgehead atoms. The van der Waals surface area contributed by atoms with Crippen molar-refractivity contribution in [3.8, 4) is 0 Å². The largest absolute Gasteiger partial charge is 0.343 e. The number of fused-ring (bicyclic) bond motifs is 2. The summed E-state index contributed by atoms with van der Waals surface area (Å²) in [7, 11) is 0. The molecule has 0 saturated carbocycles. The standard InChI is InChI=1S/C25H37N3O2/c29-24(27-14-4-5-15-27)13-7-11-23-22-16-21(17-26-23)18-28(19-22)25(30)12-6-10-20-8-2-1-3-9-20/h1-3,8-9,21-23,26H,4-7,10-19H2/t21?,22?,23-/m1/s1. The lowest BCUT2D eigenvalue weighted by Gasteiger charge is -2.46. The molecule has 0 aliphatic carbocycles. The van der Waals surface area contributed by atoms with Crippen molar-refractivity contribution in [2.45, 2.75) is 63.8 Å². The molecule has 3 aliphatic heterocycles. The van der Waals surface area contributed by atoms with Gasteiger partial charge in [-0.05, 0) is 68.9 Å². The van der Waals surface area contributed by atoms with E-state index in [0.717, 1.165) is 71.2 Å². The van der Waals surface area contributed by atoms with Crippen molar-refractivity contribution in [3.63, 3.8) is 0 Å². The van der Waals surface area contributed by atoms with Crippen molar-refractivity contribution in [1.29, 1.82) is 0 Å². The number of nitrogens with zero attached hydrogens (tertiary/aromatic N) is 2. The molecule has 3 heterocycles. The van der Waals surface area contributed by atoms with E-state index in [-0.39, 0.29) is 0 Å². The summed E-state index contributed by atoms with van der Waals surface area (Å²) in [6.45, 7) is 4.71. The monoisotopic (exact) mass is 411 g/mol. The zero-order chi connectivity index (χ0) is 20.8. The number of carbonyl (C=O) groups is 2. The first-order valence-corrected chi connectivity index (χ1v) is 12.0. The molecule has 3 saturated heterocycles. The van der Waals surface area contributed by atoms with Crippen molar-refractivity contribution in [2.24, 2.45) is 11.8 Å². The van der Waals surface area contributed by atoms with Gasteiger partial charge in [-0.15, -0.1) is 0 Å². The van der Waals surface area contributed by atoms with Crippen LogP contribution in [0.5, 0.6) is 0 Å². The third-order valence-electron chi connectivity index (χ3n) is 7.22. The molecule has 4 rings (SSSR count). The van der Waals surface area contributed by atoms with Crippen molar-refractivity contribution in [1.82, 2.24) is 15.1 Å².